The Kier molecular flexibility index (Phi) is 6.26. The number of ether oxygens (including phenoxy) is 2. The third-order valence-corrected chi connectivity index (χ3v) is 5.63. The summed E-state index contributed by atoms with van der Waals surface area (Å²) in [6.45, 7) is 5.87. The Bertz CT molecular complexity index is 1290. The SMILES string of the molecule is COc1cc(/C=C2/C(=N)N3OC=C(C)C3=NC2=O)cc(Cl)c1OC(=O)c1ccc(C(C)C)cc1. The number of halogens is 1. The zero-order chi connectivity index (χ0) is 24.6. The van der Waals surface area contributed by atoms with Crippen molar-refractivity contribution in [2.45, 2.75) is 26.7 Å². The lowest BCUT2D eigenvalue weighted by Gasteiger charge is -2.23. The number of nitrogens with one attached hydrogen (secondary N) is 1. The first-order valence-electron chi connectivity index (χ1n) is 10.5. The number of esters is 1. The van der Waals surface area contributed by atoms with Crippen LogP contribution in [0.5, 0.6) is 11.5 Å². The maximum Gasteiger partial charge on any atom is 0.343 e. The van der Waals surface area contributed by atoms with Gasteiger partial charge in [-0.1, -0.05) is 37.6 Å². The van der Waals surface area contributed by atoms with Crippen LogP contribution in [0, 0.1) is 5.41 Å². The van der Waals surface area contributed by atoms with E-state index in [9.17, 15) is 9.59 Å². The van der Waals surface area contributed by atoms with Crippen LogP contribution in [0.1, 0.15) is 48.2 Å². The van der Waals surface area contributed by atoms with E-state index in [1.165, 1.54) is 30.6 Å². The number of aliphatic imine (C=N–C) groups is 1. The molecule has 2 aliphatic rings. The third kappa shape index (κ3) is 4.32. The smallest absolute Gasteiger partial charge is 0.343 e. The Balaban J connectivity index is 1.61. The molecule has 9 heteroatoms. The second-order valence-electron chi connectivity index (χ2n) is 8.05. The summed E-state index contributed by atoms with van der Waals surface area (Å²) in [5.41, 5.74) is 2.60. The quantitative estimate of drug-likeness (QED) is 0.362. The lowest BCUT2D eigenvalue weighted by Crippen LogP contribution is -2.39. The highest BCUT2D eigenvalue weighted by molar-refractivity contribution is 6.34. The van der Waals surface area contributed by atoms with Crippen molar-refractivity contribution in [3.63, 3.8) is 0 Å². The van der Waals surface area contributed by atoms with E-state index in [4.69, 9.17) is 31.3 Å². The van der Waals surface area contributed by atoms with E-state index in [1.54, 1.807) is 25.1 Å². The van der Waals surface area contributed by atoms with Crippen LogP contribution < -0.4 is 9.47 Å². The number of methoxy groups -OCH3 is 1. The topological polar surface area (TPSA) is 101 Å². The Labute approximate surface area is 201 Å². The van der Waals surface area contributed by atoms with Crippen molar-refractivity contribution in [3.05, 3.63) is 75.5 Å². The first kappa shape index (κ1) is 23.3. The Morgan fingerprint density at radius 2 is 1.94 bits per heavy atom. The summed E-state index contributed by atoms with van der Waals surface area (Å²) in [4.78, 5) is 34.5. The molecule has 1 N–H and O–H groups in total. The molecular weight excluding hydrogens is 458 g/mol. The van der Waals surface area contributed by atoms with Crippen molar-refractivity contribution >= 4 is 41.2 Å². The molecule has 2 aromatic carbocycles. The summed E-state index contributed by atoms with van der Waals surface area (Å²) in [7, 11) is 1.41. The highest BCUT2D eigenvalue weighted by atomic mass is 35.5. The number of hydroxylamine groups is 2. The molecule has 0 saturated heterocycles. The molecule has 2 heterocycles. The molecule has 2 aliphatic heterocycles. The van der Waals surface area contributed by atoms with Crippen LogP contribution in [-0.4, -0.2) is 35.7 Å². The van der Waals surface area contributed by atoms with Gasteiger partial charge < -0.3 is 14.3 Å². The zero-order valence-corrected chi connectivity index (χ0v) is 19.8. The molecule has 0 bridgehead atoms. The summed E-state index contributed by atoms with van der Waals surface area (Å²) < 4.78 is 10.9. The molecule has 0 aliphatic carbocycles. The number of hydrogen-bond donors (Lipinski definition) is 1. The summed E-state index contributed by atoms with van der Waals surface area (Å²) >= 11 is 6.41. The minimum atomic E-state index is -0.582. The summed E-state index contributed by atoms with van der Waals surface area (Å²) in [5, 5.41) is 9.60. The van der Waals surface area contributed by atoms with Crippen molar-refractivity contribution in [1.29, 1.82) is 5.41 Å². The van der Waals surface area contributed by atoms with E-state index in [0.29, 0.717) is 22.6 Å². The average Bonchev–Trinajstić information content (AvgIpc) is 3.18. The van der Waals surface area contributed by atoms with E-state index in [2.05, 4.69) is 18.8 Å². The number of hydrogen-bond acceptors (Lipinski definition) is 6. The Hall–Kier alpha value is -3.91. The Morgan fingerprint density at radius 3 is 2.59 bits per heavy atom. The van der Waals surface area contributed by atoms with Crippen LogP contribution in [0.4, 0.5) is 0 Å². The predicted octanol–water partition coefficient (Wildman–Crippen LogP) is 5.14. The van der Waals surface area contributed by atoms with Gasteiger partial charge >= 0.3 is 5.97 Å². The van der Waals surface area contributed by atoms with E-state index >= 15 is 0 Å². The average molecular weight is 480 g/mol. The van der Waals surface area contributed by atoms with Gasteiger partial charge in [-0.15, -0.1) is 5.06 Å². The van der Waals surface area contributed by atoms with Gasteiger partial charge in [-0.3, -0.25) is 10.2 Å². The largest absolute Gasteiger partial charge is 0.493 e. The lowest BCUT2D eigenvalue weighted by molar-refractivity contribution is -0.114. The molecule has 0 unspecified atom stereocenters. The molecule has 1 amide bonds. The number of benzene rings is 2. The molecule has 0 atom stereocenters. The number of carbonyl (C=O) groups excluding carboxylic acids is 2. The van der Waals surface area contributed by atoms with Gasteiger partial charge in [0.2, 0.25) is 0 Å². The second-order valence-corrected chi connectivity index (χ2v) is 8.46. The highest BCUT2D eigenvalue weighted by Crippen LogP contribution is 2.38. The van der Waals surface area contributed by atoms with Gasteiger partial charge in [-0.05, 0) is 54.3 Å². The van der Waals surface area contributed by atoms with Crippen molar-refractivity contribution < 1.29 is 23.9 Å². The monoisotopic (exact) mass is 479 g/mol. The van der Waals surface area contributed by atoms with Crippen LogP contribution in [0.25, 0.3) is 6.08 Å². The zero-order valence-electron chi connectivity index (χ0n) is 19.0. The number of amidine groups is 2. The van der Waals surface area contributed by atoms with Crippen LogP contribution in [0.2, 0.25) is 5.02 Å². The number of nitrogens with zero attached hydrogens (tertiary/aromatic N) is 2. The molecule has 0 fully saturated rings. The van der Waals surface area contributed by atoms with Crippen LogP contribution in [0.3, 0.4) is 0 Å². The van der Waals surface area contributed by atoms with Gasteiger partial charge in [-0.25, -0.2) is 4.79 Å². The molecule has 4 rings (SSSR count). The maximum atomic E-state index is 12.7. The molecule has 0 aromatic heterocycles. The molecule has 0 radical (unpaired) electrons. The normalized spacial score (nSPS) is 16.3. The van der Waals surface area contributed by atoms with Gasteiger partial charge in [0.25, 0.3) is 5.91 Å². The second kappa shape index (κ2) is 9.15. The van der Waals surface area contributed by atoms with E-state index in [1.807, 2.05) is 12.1 Å². The fourth-order valence-corrected chi connectivity index (χ4v) is 3.69. The summed E-state index contributed by atoms with van der Waals surface area (Å²) in [6.07, 6.45) is 2.87. The van der Waals surface area contributed by atoms with Gasteiger partial charge in [0.05, 0.1) is 23.3 Å². The van der Waals surface area contributed by atoms with E-state index < -0.39 is 11.9 Å². The van der Waals surface area contributed by atoms with Crippen LogP contribution in [-0.2, 0) is 9.63 Å². The molecule has 174 valence electrons. The van der Waals surface area contributed by atoms with Crippen LogP contribution >= 0.6 is 11.6 Å². The molecule has 8 nitrogen and oxygen atoms in total. The van der Waals surface area contributed by atoms with Crippen molar-refractivity contribution in [1.82, 2.24) is 5.06 Å². The van der Waals surface area contributed by atoms with Gasteiger partial charge in [0.15, 0.2) is 23.2 Å². The van der Waals surface area contributed by atoms with E-state index in [-0.39, 0.29) is 33.8 Å². The molecule has 2 aromatic rings. The first-order valence-corrected chi connectivity index (χ1v) is 10.8. The fraction of sp³-hybridized carbons (Fsp3) is 0.200. The van der Waals surface area contributed by atoms with Gasteiger partial charge in [0, 0.05) is 5.57 Å². The molecule has 0 saturated carbocycles. The molecular formula is C25H22ClN3O5. The minimum Gasteiger partial charge on any atom is -0.493 e. The number of rotatable bonds is 5. The van der Waals surface area contributed by atoms with Crippen molar-refractivity contribution in [3.8, 4) is 11.5 Å². The number of carbonyl (C=O) groups is 2. The standard InChI is InChI=1S/C25H22ClN3O5/c1-13(2)16-5-7-17(8-6-16)25(31)34-21-19(26)10-15(11-20(21)32-4)9-18-22(27)29-23(28-24(18)30)14(3)12-33-29/h5-13,27H,1-4H3/b18-9-,27-22?. The lowest BCUT2D eigenvalue weighted by atomic mass is 10.0. The Morgan fingerprint density at radius 1 is 1.24 bits per heavy atom. The number of amides is 1. The van der Waals surface area contributed by atoms with Crippen molar-refractivity contribution in [2.24, 2.45) is 4.99 Å². The van der Waals surface area contributed by atoms with E-state index in [0.717, 1.165) is 5.56 Å². The molecule has 34 heavy (non-hydrogen) atoms. The minimum absolute atomic E-state index is 0.0138. The maximum absolute atomic E-state index is 12.7. The highest BCUT2D eigenvalue weighted by Gasteiger charge is 2.35. The third-order valence-electron chi connectivity index (χ3n) is 5.35. The number of fused-ring (bicyclic) bond motifs is 1. The fourth-order valence-electron chi connectivity index (χ4n) is 3.43. The predicted molar refractivity (Wildman–Crippen MR) is 128 cm³/mol. The molecule has 0 spiro atoms. The summed E-state index contributed by atoms with van der Waals surface area (Å²) in [5.74, 6) is -0.442. The van der Waals surface area contributed by atoms with Gasteiger partial charge in [-0.2, -0.15) is 4.99 Å². The van der Waals surface area contributed by atoms with Gasteiger partial charge in [0.1, 0.15) is 6.26 Å². The van der Waals surface area contributed by atoms with Crippen molar-refractivity contribution in [2.75, 3.05) is 7.11 Å². The first-order chi connectivity index (χ1) is 16.2. The summed E-state index contributed by atoms with van der Waals surface area (Å²) in [6, 6.07) is 10.2. The van der Waals surface area contributed by atoms with Crippen LogP contribution in [0.15, 0.2) is 58.8 Å².